The molecule has 1 saturated carbocycles. The van der Waals surface area contributed by atoms with E-state index in [0.29, 0.717) is 38.5 Å². The minimum absolute atomic E-state index is 0.0171. The normalized spacial score (nSPS) is 17.8. The van der Waals surface area contributed by atoms with Crippen molar-refractivity contribution in [1.29, 1.82) is 0 Å². The number of rotatable bonds is 6. The molecule has 0 radical (unpaired) electrons. The van der Waals surface area contributed by atoms with Crippen LogP contribution in [0.1, 0.15) is 45.4 Å². The summed E-state index contributed by atoms with van der Waals surface area (Å²) >= 11 is 1.33. The van der Waals surface area contributed by atoms with E-state index in [-0.39, 0.29) is 17.3 Å². The van der Waals surface area contributed by atoms with Gasteiger partial charge in [-0.15, -0.1) is 11.8 Å². The van der Waals surface area contributed by atoms with Crippen molar-refractivity contribution in [3.8, 4) is 0 Å². The van der Waals surface area contributed by atoms with Gasteiger partial charge in [-0.05, 0) is 25.0 Å². The average molecular weight is 304 g/mol. The zero-order valence-electron chi connectivity index (χ0n) is 12.3. The molecule has 0 unspecified atom stereocenters. The first-order chi connectivity index (χ1) is 10.1. The highest BCUT2D eigenvalue weighted by atomic mass is 32.2. The highest BCUT2D eigenvalue weighted by molar-refractivity contribution is 8.02. The van der Waals surface area contributed by atoms with Gasteiger partial charge in [0.2, 0.25) is 0 Å². The number of hydrogen-bond donors (Lipinski definition) is 0. The molecule has 1 aromatic carbocycles. The summed E-state index contributed by atoms with van der Waals surface area (Å²) in [6, 6.07) is 9.50. The summed E-state index contributed by atoms with van der Waals surface area (Å²) in [7, 11) is 0. The van der Waals surface area contributed by atoms with Gasteiger partial charge in [0.25, 0.3) is 0 Å². The Balaban J connectivity index is 2.26. The second-order valence-electron chi connectivity index (χ2n) is 5.33. The zero-order valence-corrected chi connectivity index (χ0v) is 13.1. The van der Waals surface area contributed by atoms with Crippen LogP contribution in [0.25, 0.3) is 0 Å². The van der Waals surface area contributed by atoms with Crippen molar-refractivity contribution in [1.82, 2.24) is 0 Å². The largest absolute Gasteiger partial charge is 0.300 e. The maximum Gasteiger partial charge on any atom is 0.156 e. The highest BCUT2D eigenvalue weighted by Crippen LogP contribution is 2.42. The Hall–Kier alpha value is -1.42. The topological polar surface area (TPSA) is 51.2 Å². The Morgan fingerprint density at radius 2 is 1.76 bits per heavy atom. The van der Waals surface area contributed by atoms with Gasteiger partial charge in [0.05, 0.1) is 0 Å². The Bertz CT molecular complexity index is 520. The summed E-state index contributed by atoms with van der Waals surface area (Å²) in [5, 5.41) is 0. The molecule has 0 aliphatic heterocycles. The van der Waals surface area contributed by atoms with Crippen LogP contribution in [-0.2, 0) is 14.4 Å². The van der Waals surface area contributed by atoms with Crippen molar-refractivity contribution < 1.29 is 14.4 Å². The third-order valence-corrected chi connectivity index (χ3v) is 5.41. The maximum atomic E-state index is 12.5. The number of carbonyl (C=O) groups is 3. The molecule has 0 bridgehead atoms. The molecule has 1 fully saturated rings. The van der Waals surface area contributed by atoms with Crippen LogP contribution in [0, 0.1) is 0 Å². The SMILES string of the molecule is CCC(=O)CCC1(Sc2ccccc2)C(=O)CCCC1=O. The van der Waals surface area contributed by atoms with Crippen LogP contribution in [0.15, 0.2) is 35.2 Å². The van der Waals surface area contributed by atoms with Gasteiger partial charge in [-0.3, -0.25) is 14.4 Å². The number of Topliss-reactive ketones (excluding diaryl/α,β-unsaturated/α-hetero) is 3. The predicted molar refractivity (Wildman–Crippen MR) is 83.4 cm³/mol. The first kappa shape index (κ1) is 16.0. The minimum Gasteiger partial charge on any atom is -0.300 e. The van der Waals surface area contributed by atoms with Crippen LogP contribution in [0.5, 0.6) is 0 Å². The third kappa shape index (κ3) is 3.62. The van der Waals surface area contributed by atoms with Crippen LogP contribution < -0.4 is 0 Å². The van der Waals surface area contributed by atoms with Crippen LogP contribution in [0.3, 0.4) is 0 Å². The van der Waals surface area contributed by atoms with Crippen molar-refractivity contribution >= 4 is 29.1 Å². The summed E-state index contributed by atoms with van der Waals surface area (Å²) < 4.78 is -1.05. The molecule has 0 amide bonds. The smallest absolute Gasteiger partial charge is 0.156 e. The molecular weight excluding hydrogens is 284 g/mol. The van der Waals surface area contributed by atoms with Gasteiger partial charge in [-0.1, -0.05) is 25.1 Å². The van der Waals surface area contributed by atoms with Gasteiger partial charge < -0.3 is 0 Å². The fourth-order valence-corrected chi connectivity index (χ4v) is 3.93. The second-order valence-corrected chi connectivity index (χ2v) is 6.71. The Kier molecular flexibility index (Phi) is 5.34. The van der Waals surface area contributed by atoms with Crippen molar-refractivity contribution in [2.24, 2.45) is 0 Å². The van der Waals surface area contributed by atoms with Crippen LogP contribution >= 0.6 is 11.8 Å². The summed E-state index contributed by atoms with van der Waals surface area (Å²) in [5.74, 6) is 0.0715. The van der Waals surface area contributed by atoms with E-state index in [2.05, 4.69) is 0 Å². The number of hydrogen-bond acceptors (Lipinski definition) is 4. The molecule has 0 spiro atoms. The lowest BCUT2D eigenvalue weighted by Gasteiger charge is -2.33. The van der Waals surface area contributed by atoms with E-state index in [1.165, 1.54) is 11.8 Å². The second kappa shape index (κ2) is 7.03. The summed E-state index contributed by atoms with van der Waals surface area (Å²) in [6.07, 6.45) is 2.59. The fraction of sp³-hybridized carbons (Fsp3) is 0.471. The summed E-state index contributed by atoms with van der Waals surface area (Å²) in [6.45, 7) is 1.81. The summed E-state index contributed by atoms with van der Waals surface area (Å²) in [4.78, 5) is 37.5. The predicted octanol–water partition coefficient (Wildman–Crippen LogP) is 3.60. The molecule has 0 aromatic heterocycles. The minimum atomic E-state index is -1.05. The van der Waals surface area contributed by atoms with E-state index in [1.807, 2.05) is 37.3 Å². The lowest BCUT2D eigenvalue weighted by Crippen LogP contribution is -2.46. The molecule has 4 heteroatoms. The van der Waals surface area contributed by atoms with Gasteiger partial charge >= 0.3 is 0 Å². The first-order valence-electron chi connectivity index (χ1n) is 7.41. The van der Waals surface area contributed by atoms with Crippen molar-refractivity contribution in [2.75, 3.05) is 0 Å². The molecule has 1 aromatic rings. The molecule has 1 aliphatic rings. The molecule has 0 atom stereocenters. The van der Waals surface area contributed by atoms with E-state index >= 15 is 0 Å². The average Bonchev–Trinajstić information content (AvgIpc) is 2.50. The van der Waals surface area contributed by atoms with Crippen molar-refractivity contribution in [3.63, 3.8) is 0 Å². The van der Waals surface area contributed by atoms with E-state index < -0.39 is 4.75 Å². The molecule has 112 valence electrons. The van der Waals surface area contributed by atoms with E-state index in [9.17, 15) is 14.4 Å². The number of benzene rings is 1. The maximum absolute atomic E-state index is 12.5. The molecule has 3 nitrogen and oxygen atoms in total. The lowest BCUT2D eigenvalue weighted by atomic mass is 9.82. The molecule has 0 N–H and O–H groups in total. The fourth-order valence-electron chi connectivity index (χ4n) is 2.59. The van der Waals surface area contributed by atoms with Crippen molar-refractivity contribution in [2.45, 2.75) is 55.1 Å². The van der Waals surface area contributed by atoms with E-state index in [4.69, 9.17) is 0 Å². The Labute approximate surface area is 129 Å². The lowest BCUT2D eigenvalue weighted by molar-refractivity contribution is -0.133. The molecule has 0 saturated heterocycles. The molecule has 2 rings (SSSR count). The van der Waals surface area contributed by atoms with Crippen LogP contribution in [-0.4, -0.2) is 22.1 Å². The monoisotopic (exact) mass is 304 g/mol. The van der Waals surface area contributed by atoms with Gasteiger partial charge in [0.15, 0.2) is 11.6 Å². The Morgan fingerprint density at radius 3 is 2.33 bits per heavy atom. The molecular formula is C17H20O3S. The number of ketones is 3. The quantitative estimate of drug-likeness (QED) is 0.754. The Morgan fingerprint density at radius 1 is 1.14 bits per heavy atom. The molecule has 21 heavy (non-hydrogen) atoms. The van der Waals surface area contributed by atoms with Crippen LogP contribution in [0.2, 0.25) is 0 Å². The highest BCUT2D eigenvalue weighted by Gasteiger charge is 2.47. The van der Waals surface area contributed by atoms with E-state index in [1.54, 1.807) is 0 Å². The van der Waals surface area contributed by atoms with Gasteiger partial charge in [0.1, 0.15) is 10.5 Å². The number of thioether (sulfide) groups is 1. The van der Waals surface area contributed by atoms with Crippen LogP contribution in [0.4, 0.5) is 0 Å². The zero-order chi connectivity index (χ0) is 15.3. The van der Waals surface area contributed by atoms with Gasteiger partial charge in [-0.25, -0.2) is 0 Å². The third-order valence-electron chi connectivity index (χ3n) is 3.89. The van der Waals surface area contributed by atoms with E-state index in [0.717, 1.165) is 4.90 Å². The van der Waals surface area contributed by atoms with Gasteiger partial charge in [0, 0.05) is 30.6 Å². The van der Waals surface area contributed by atoms with Crippen molar-refractivity contribution in [3.05, 3.63) is 30.3 Å². The van der Waals surface area contributed by atoms with Gasteiger partial charge in [-0.2, -0.15) is 0 Å². The number of carbonyl (C=O) groups excluding carboxylic acids is 3. The summed E-state index contributed by atoms with van der Waals surface area (Å²) in [5.41, 5.74) is 0. The molecule has 0 heterocycles. The molecule has 1 aliphatic carbocycles. The first-order valence-corrected chi connectivity index (χ1v) is 8.22. The standard InChI is InChI=1S/C17H20O3S/c1-2-13(18)11-12-17(15(19)9-6-10-16(17)20)21-14-7-4-3-5-8-14/h3-5,7-8H,2,6,9-12H2,1H3.